The number of carbonyl (C=O) groups is 1. The predicted molar refractivity (Wildman–Crippen MR) is 109 cm³/mol. The molecule has 0 aliphatic rings. The van der Waals surface area contributed by atoms with Crippen molar-refractivity contribution in [2.45, 2.75) is 6.42 Å². The van der Waals surface area contributed by atoms with Gasteiger partial charge in [0.15, 0.2) is 6.61 Å². The topological polar surface area (TPSA) is 56.8 Å². The normalized spacial score (nSPS) is 10.2. The third-order valence-electron chi connectivity index (χ3n) is 4.05. The zero-order chi connectivity index (χ0) is 19.6. The van der Waals surface area contributed by atoms with E-state index in [1.807, 2.05) is 36.4 Å². The SMILES string of the molecule is COc1ccc(OCC(=O)Nc2cccc(OCCc3ccccc3)c2)cc1. The van der Waals surface area contributed by atoms with E-state index in [1.54, 1.807) is 37.4 Å². The number of nitrogens with one attached hydrogen (secondary N) is 1. The summed E-state index contributed by atoms with van der Waals surface area (Å²) in [5.74, 6) is 1.82. The number of ether oxygens (including phenoxy) is 3. The summed E-state index contributed by atoms with van der Waals surface area (Å²) in [4.78, 5) is 12.1. The van der Waals surface area contributed by atoms with Crippen LogP contribution >= 0.6 is 0 Å². The van der Waals surface area contributed by atoms with Gasteiger partial charge in [-0.3, -0.25) is 4.79 Å². The molecule has 0 atom stereocenters. The van der Waals surface area contributed by atoms with Crippen molar-refractivity contribution >= 4 is 11.6 Å². The number of amides is 1. The molecule has 0 spiro atoms. The van der Waals surface area contributed by atoms with E-state index < -0.39 is 0 Å². The minimum Gasteiger partial charge on any atom is -0.497 e. The van der Waals surface area contributed by atoms with E-state index in [-0.39, 0.29) is 12.5 Å². The van der Waals surface area contributed by atoms with Crippen molar-refractivity contribution in [1.82, 2.24) is 0 Å². The molecule has 3 aromatic carbocycles. The van der Waals surface area contributed by atoms with Gasteiger partial charge in [-0.05, 0) is 42.0 Å². The van der Waals surface area contributed by atoms with Gasteiger partial charge >= 0.3 is 0 Å². The van der Waals surface area contributed by atoms with E-state index in [0.717, 1.165) is 12.2 Å². The molecule has 0 saturated heterocycles. The summed E-state index contributed by atoms with van der Waals surface area (Å²) >= 11 is 0. The van der Waals surface area contributed by atoms with Crippen molar-refractivity contribution < 1.29 is 19.0 Å². The van der Waals surface area contributed by atoms with Crippen molar-refractivity contribution in [3.05, 3.63) is 84.4 Å². The summed E-state index contributed by atoms with van der Waals surface area (Å²) in [6, 6.07) is 24.6. The van der Waals surface area contributed by atoms with Crippen LogP contribution in [0.15, 0.2) is 78.9 Å². The first-order valence-electron chi connectivity index (χ1n) is 9.06. The zero-order valence-electron chi connectivity index (χ0n) is 15.8. The largest absolute Gasteiger partial charge is 0.497 e. The summed E-state index contributed by atoms with van der Waals surface area (Å²) in [6.07, 6.45) is 0.827. The molecular formula is C23H23NO4. The van der Waals surface area contributed by atoms with Crippen LogP contribution < -0.4 is 19.5 Å². The first-order chi connectivity index (χ1) is 13.7. The van der Waals surface area contributed by atoms with E-state index in [1.165, 1.54) is 5.56 Å². The van der Waals surface area contributed by atoms with Gasteiger partial charge in [0.05, 0.1) is 13.7 Å². The van der Waals surface area contributed by atoms with Crippen LogP contribution in [-0.2, 0) is 11.2 Å². The second kappa shape index (κ2) is 10.0. The van der Waals surface area contributed by atoms with E-state index in [4.69, 9.17) is 14.2 Å². The number of hydrogen-bond acceptors (Lipinski definition) is 4. The molecule has 1 N–H and O–H groups in total. The third-order valence-corrected chi connectivity index (χ3v) is 4.05. The molecule has 0 aliphatic carbocycles. The summed E-state index contributed by atoms with van der Waals surface area (Å²) in [6.45, 7) is 0.493. The van der Waals surface area contributed by atoms with Crippen LogP contribution in [0.3, 0.4) is 0 Å². The Morgan fingerprint density at radius 3 is 2.32 bits per heavy atom. The molecule has 0 unspecified atom stereocenters. The average Bonchev–Trinajstić information content (AvgIpc) is 2.74. The molecule has 0 heterocycles. The number of methoxy groups -OCH3 is 1. The van der Waals surface area contributed by atoms with Gasteiger partial charge in [-0.15, -0.1) is 0 Å². The molecule has 1 amide bonds. The van der Waals surface area contributed by atoms with Gasteiger partial charge in [-0.25, -0.2) is 0 Å². The minimum absolute atomic E-state index is 0.0780. The van der Waals surface area contributed by atoms with Gasteiger partial charge in [-0.2, -0.15) is 0 Å². The standard InChI is InChI=1S/C23H23NO4/c1-26-20-10-12-21(13-11-20)28-17-23(25)24-19-8-5-9-22(16-19)27-15-14-18-6-3-2-4-7-18/h2-13,16H,14-15,17H2,1H3,(H,24,25). The number of benzene rings is 3. The smallest absolute Gasteiger partial charge is 0.262 e. The highest BCUT2D eigenvalue weighted by Gasteiger charge is 2.05. The van der Waals surface area contributed by atoms with Gasteiger partial charge in [0.25, 0.3) is 5.91 Å². The Morgan fingerprint density at radius 2 is 1.57 bits per heavy atom. The maximum Gasteiger partial charge on any atom is 0.262 e. The third kappa shape index (κ3) is 6.06. The lowest BCUT2D eigenvalue weighted by atomic mass is 10.2. The molecule has 5 nitrogen and oxygen atoms in total. The molecule has 0 aliphatic heterocycles. The average molecular weight is 377 g/mol. The molecule has 3 rings (SSSR count). The van der Waals surface area contributed by atoms with E-state index in [0.29, 0.717) is 23.8 Å². The highest BCUT2D eigenvalue weighted by atomic mass is 16.5. The lowest BCUT2D eigenvalue weighted by molar-refractivity contribution is -0.118. The van der Waals surface area contributed by atoms with Crippen LogP contribution in [0.2, 0.25) is 0 Å². The van der Waals surface area contributed by atoms with Gasteiger partial charge in [0.2, 0.25) is 0 Å². The van der Waals surface area contributed by atoms with Crippen LogP contribution in [0.25, 0.3) is 0 Å². The second-order valence-electron chi connectivity index (χ2n) is 6.12. The Labute approximate surface area is 164 Å². The molecule has 0 fully saturated rings. The maximum absolute atomic E-state index is 12.1. The molecule has 144 valence electrons. The lowest BCUT2D eigenvalue weighted by Gasteiger charge is -2.10. The van der Waals surface area contributed by atoms with Gasteiger partial charge in [-0.1, -0.05) is 36.4 Å². The molecule has 5 heteroatoms. The molecular weight excluding hydrogens is 354 g/mol. The van der Waals surface area contributed by atoms with Crippen LogP contribution in [0.1, 0.15) is 5.56 Å². The fourth-order valence-electron chi connectivity index (χ4n) is 2.61. The first-order valence-corrected chi connectivity index (χ1v) is 9.06. The zero-order valence-corrected chi connectivity index (χ0v) is 15.8. The number of hydrogen-bond donors (Lipinski definition) is 1. The van der Waals surface area contributed by atoms with Crippen LogP contribution in [0.4, 0.5) is 5.69 Å². The van der Waals surface area contributed by atoms with E-state index in [9.17, 15) is 4.79 Å². The fourth-order valence-corrected chi connectivity index (χ4v) is 2.61. The highest BCUT2D eigenvalue weighted by molar-refractivity contribution is 5.92. The summed E-state index contributed by atoms with van der Waals surface area (Å²) in [5, 5.41) is 2.81. The molecule has 0 radical (unpaired) electrons. The Hall–Kier alpha value is -3.47. The second-order valence-corrected chi connectivity index (χ2v) is 6.12. The predicted octanol–water partition coefficient (Wildman–Crippen LogP) is 4.33. The number of carbonyl (C=O) groups excluding carboxylic acids is 1. The Bertz CT molecular complexity index is 879. The maximum atomic E-state index is 12.1. The van der Waals surface area contributed by atoms with E-state index >= 15 is 0 Å². The number of anilines is 1. The van der Waals surface area contributed by atoms with Crippen molar-refractivity contribution in [2.24, 2.45) is 0 Å². The van der Waals surface area contributed by atoms with Gasteiger partial charge in [0.1, 0.15) is 17.2 Å². The van der Waals surface area contributed by atoms with Crippen molar-refractivity contribution in [2.75, 3.05) is 25.6 Å². The molecule has 0 bridgehead atoms. The molecule has 0 saturated carbocycles. The van der Waals surface area contributed by atoms with Crippen molar-refractivity contribution in [3.63, 3.8) is 0 Å². The van der Waals surface area contributed by atoms with Crippen LogP contribution in [0.5, 0.6) is 17.2 Å². The molecule has 0 aromatic heterocycles. The summed E-state index contributed by atoms with van der Waals surface area (Å²) < 4.78 is 16.4. The van der Waals surface area contributed by atoms with Crippen molar-refractivity contribution in [1.29, 1.82) is 0 Å². The Balaban J connectivity index is 1.45. The Morgan fingerprint density at radius 1 is 0.821 bits per heavy atom. The Kier molecular flexibility index (Phi) is 6.90. The van der Waals surface area contributed by atoms with E-state index in [2.05, 4.69) is 17.4 Å². The van der Waals surface area contributed by atoms with Gasteiger partial charge < -0.3 is 19.5 Å². The molecule has 3 aromatic rings. The van der Waals surface area contributed by atoms with Crippen molar-refractivity contribution in [3.8, 4) is 17.2 Å². The lowest BCUT2D eigenvalue weighted by Crippen LogP contribution is -2.20. The fraction of sp³-hybridized carbons (Fsp3) is 0.174. The quantitative estimate of drug-likeness (QED) is 0.603. The minimum atomic E-state index is -0.239. The summed E-state index contributed by atoms with van der Waals surface area (Å²) in [7, 11) is 1.60. The monoisotopic (exact) mass is 377 g/mol. The summed E-state index contributed by atoms with van der Waals surface area (Å²) in [5.41, 5.74) is 1.89. The van der Waals surface area contributed by atoms with Gasteiger partial charge in [0, 0.05) is 18.2 Å². The van der Waals surface area contributed by atoms with Crippen LogP contribution in [-0.4, -0.2) is 26.2 Å². The molecule has 28 heavy (non-hydrogen) atoms. The number of rotatable bonds is 9. The highest BCUT2D eigenvalue weighted by Crippen LogP contribution is 2.19. The first kappa shape index (κ1) is 19.3. The van der Waals surface area contributed by atoms with Crippen LogP contribution in [0, 0.1) is 0 Å².